The van der Waals surface area contributed by atoms with Gasteiger partial charge in [-0.1, -0.05) is 0 Å². The van der Waals surface area contributed by atoms with Crippen molar-refractivity contribution in [3.8, 4) is 0 Å². The number of rotatable bonds is 5. The first-order valence-electron chi connectivity index (χ1n) is 6.00. The summed E-state index contributed by atoms with van der Waals surface area (Å²) in [6.07, 6.45) is 1.61. The summed E-state index contributed by atoms with van der Waals surface area (Å²) < 4.78 is 31.0. The summed E-state index contributed by atoms with van der Waals surface area (Å²) in [6, 6.07) is 8.53. The van der Waals surface area contributed by atoms with Gasteiger partial charge in [0.05, 0.1) is 18.5 Å². The summed E-state index contributed by atoms with van der Waals surface area (Å²) in [5.74, 6) is 0.818. The van der Waals surface area contributed by atoms with Crippen molar-refractivity contribution in [2.45, 2.75) is 11.4 Å². The highest BCUT2D eigenvalue weighted by Crippen LogP contribution is 2.25. The average Bonchev–Trinajstić information content (AvgIpc) is 2.91. The van der Waals surface area contributed by atoms with Gasteiger partial charge in [-0.05, 0) is 37.4 Å². The van der Waals surface area contributed by atoms with Gasteiger partial charge in [-0.2, -0.15) is 0 Å². The van der Waals surface area contributed by atoms with Gasteiger partial charge in [0, 0.05) is 12.7 Å². The van der Waals surface area contributed by atoms with Crippen LogP contribution in [0.25, 0.3) is 0 Å². The lowest BCUT2D eigenvalue weighted by molar-refractivity contribution is 0.507. The minimum absolute atomic E-state index is 0.0788. The molecule has 0 amide bonds. The second-order valence-corrected chi connectivity index (χ2v) is 6.22. The molecule has 108 valence electrons. The fraction of sp³-hybridized carbons (Fsp3) is 0.231. The smallest absolute Gasteiger partial charge is 0.242 e. The molecular weight excluding hydrogens is 278 g/mol. The van der Waals surface area contributed by atoms with E-state index in [1.807, 2.05) is 24.1 Å². The Labute approximate surface area is 118 Å². The van der Waals surface area contributed by atoms with Crippen LogP contribution in [0.3, 0.4) is 0 Å². The van der Waals surface area contributed by atoms with Crippen LogP contribution in [0.4, 0.5) is 11.4 Å². The Hall–Kier alpha value is -1.99. The first kappa shape index (κ1) is 14.4. The summed E-state index contributed by atoms with van der Waals surface area (Å²) in [4.78, 5) is 2.00. The molecule has 0 aliphatic heterocycles. The number of sulfonamides is 1. The number of hydrogen-bond donors (Lipinski definition) is 2. The van der Waals surface area contributed by atoms with Crippen LogP contribution < -0.4 is 15.4 Å². The van der Waals surface area contributed by atoms with Crippen LogP contribution in [-0.2, 0) is 16.6 Å². The number of anilines is 2. The average molecular weight is 295 g/mol. The van der Waals surface area contributed by atoms with Gasteiger partial charge < -0.3 is 15.1 Å². The van der Waals surface area contributed by atoms with Gasteiger partial charge in [-0.15, -0.1) is 0 Å². The van der Waals surface area contributed by atoms with E-state index >= 15 is 0 Å². The molecule has 3 N–H and O–H groups in total. The zero-order valence-electron chi connectivity index (χ0n) is 11.3. The maximum atomic E-state index is 11.7. The molecule has 0 unspecified atom stereocenters. The minimum Gasteiger partial charge on any atom is -0.467 e. The van der Waals surface area contributed by atoms with E-state index in [9.17, 15) is 8.42 Å². The van der Waals surface area contributed by atoms with E-state index in [1.165, 1.54) is 13.1 Å². The molecule has 1 aromatic carbocycles. The highest BCUT2D eigenvalue weighted by Gasteiger charge is 2.16. The van der Waals surface area contributed by atoms with Crippen molar-refractivity contribution >= 4 is 21.4 Å². The second kappa shape index (κ2) is 5.56. The predicted octanol–water partition coefficient (Wildman–Crippen LogP) is 1.41. The molecule has 7 heteroatoms. The van der Waals surface area contributed by atoms with Crippen molar-refractivity contribution in [2.24, 2.45) is 0 Å². The SMILES string of the molecule is CNS(=O)(=O)c1ccc(N(C)Cc2ccco2)cc1N. The quantitative estimate of drug-likeness (QED) is 0.814. The van der Waals surface area contributed by atoms with Gasteiger partial charge in [-0.25, -0.2) is 13.1 Å². The van der Waals surface area contributed by atoms with Crippen LogP contribution in [0.1, 0.15) is 5.76 Å². The molecule has 0 spiro atoms. The fourth-order valence-corrected chi connectivity index (χ4v) is 2.69. The zero-order chi connectivity index (χ0) is 14.8. The molecule has 0 aliphatic carbocycles. The molecule has 0 saturated carbocycles. The van der Waals surface area contributed by atoms with E-state index in [4.69, 9.17) is 10.2 Å². The zero-order valence-corrected chi connectivity index (χ0v) is 12.1. The van der Waals surface area contributed by atoms with Crippen molar-refractivity contribution in [2.75, 3.05) is 24.7 Å². The second-order valence-electron chi connectivity index (χ2n) is 4.37. The van der Waals surface area contributed by atoms with Gasteiger partial charge in [0.15, 0.2) is 0 Å². The van der Waals surface area contributed by atoms with E-state index < -0.39 is 10.0 Å². The van der Waals surface area contributed by atoms with Crippen LogP contribution >= 0.6 is 0 Å². The first-order valence-corrected chi connectivity index (χ1v) is 7.49. The van der Waals surface area contributed by atoms with Crippen molar-refractivity contribution in [3.05, 3.63) is 42.4 Å². The number of nitrogens with two attached hydrogens (primary N) is 1. The third-order valence-corrected chi connectivity index (χ3v) is 4.45. The van der Waals surface area contributed by atoms with Crippen LogP contribution in [0.2, 0.25) is 0 Å². The van der Waals surface area contributed by atoms with Crippen molar-refractivity contribution < 1.29 is 12.8 Å². The maximum absolute atomic E-state index is 11.7. The van der Waals surface area contributed by atoms with E-state index in [-0.39, 0.29) is 10.6 Å². The molecule has 0 fully saturated rings. The highest BCUT2D eigenvalue weighted by molar-refractivity contribution is 7.89. The van der Waals surface area contributed by atoms with Crippen LogP contribution in [0.15, 0.2) is 45.9 Å². The van der Waals surface area contributed by atoms with Gasteiger partial charge in [0.2, 0.25) is 10.0 Å². The van der Waals surface area contributed by atoms with Crippen molar-refractivity contribution in [3.63, 3.8) is 0 Å². The molecule has 0 bridgehead atoms. The Bertz CT molecular complexity index is 681. The molecule has 6 nitrogen and oxygen atoms in total. The summed E-state index contributed by atoms with van der Waals surface area (Å²) >= 11 is 0. The molecule has 2 rings (SSSR count). The molecule has 0 saturated heterocycles. The number of nitrogens with zero attached hydrogens (tertiary/aromatic N) is 1. The summed E-state index contributed by atoms with van der Waals surface area (Å²) in [5.41, 5.74) is 6.85. The van der Waals surface area contributed by atoms with Gasteiger partial charge >= 0.3 is 0 Å². The maximum Gasteiger partial charge on any atom is 0.242 e. The lowest BCUT2D eigenvalue weighted by Gasteiger charge is -2.19. The molecule has 2 aromatic rings. The number of nitrogens with one attached hydrogen (secondary N) is 1. The van der Waals surface area contributed by atoms with E-state index in [2.05, 4.69) is 4.72 Å². The van der Waals surface area contributed by atoms with Crippen LogP contribution in [0, 0.1) is 0 Å². The molecule has 1 heterocycles. The minimum atomic E-state index is -3.53. The highest BCUT2D eigenvalue weighted by atomic mass is 32.2. The first-order chi connectivity index (χ1) is 9.44. The lowest BCUT2D eigenvalue weighted by Crippen LogP contribution is -2.21. The molecule has 1 aromatic heterocycles. The molecule has 0 atom stereocenters. The number of hydrogen-bond acceptors (Lipinski definition) is 5. The largest absolute Gasteiger partial charge is 0.467 e. The number of benzene rings is 1. The van der Waals surface area contributed by atoms with Crippen molar-refractivity contribution in [1.82, 2.24) is 4.72 Å². The monoisotopic (exact) mass is 295 g/mol. The Balaban J connectivity index is 2.25. The number of nitrogen functional groups attached to an aromatic ring is 1. The fourth-order valence-electron chi connectivity index (χ4n) is 1.86. The Morgan fingerprint density at radius 3 is 2.65 bits per heavy atom. The van der Waals surface area contributed by atoms with E-state index in [0.29, 0.717) is 6.54 Å². The Kier molecular flexibility index (Phi) is 4.01. The summed E-state index contributed by atoms with van der Waals surface area (Å²) in [6.45, 7) is 0.574. The standard InChI is InChI=1S/C13H17N3O3S/c1-15-20(17,18)13-6-5-10(8-12(13)14)16(2)9-11-4-3-7-19-11/h3-8,15H,9,14H2,1-2H3. The molecule has 0 aliphatic rings. The summed E-state index contributed by atoms with van der Waals surface area (Å²) in [5, 5.41) is 0. The molecular formula is C13H17N3O3S. The Morgan fingerprint density at radius 2 is 2.10 bits per heavy atom. The van der Waals surface area contributed by atoms with Crippen molar-refractivity contribution in [1.29, 1.82) is 0 Å². The third kappa shape index (κ3) is 2.94. The van der Waals surface area contributed by atoms with Gasteiger partial charge in [0.25, 0.3) is 0 Å². The van der Waals surface area contributed by atoms with Crippen LogP contribution in [0.5, 0.6) is 0 Å². The summed E-state index contributed by atoms with van der Waals surface area (Å²) in [7, 11) is -0.302. The number of furan rings is 1. The van der Waals surface area contributed by atoms with Crippen LogP contribution in [-0.4, -0.2) is 22.5 Å². The van der Waals surface area contributed by atoms with Gasteiger partial charge in [0.1, 0.15) is 10.7 Å². The molecule has 20 heavy (non-hydrogen) atoms. The Morgan fingerprint density at radius 1 is 1.35 bits per heavy atom. The topological polar surface area (TPSA) is 88.6 Å². The third-order valence-electron chi connectivity index (χ3n) is 2.97. The van der Waals surface area contributed by atoms with E-state index in [1.54, 1.807) is 18.4 Å². The molecule has 0 radical (unpaired) electrons. The predicted molar refractivity (Wildman–Crippen MR) is 77.9 cm³/mol. The normalized spacial score (nSPS) is 11.5. The van der Waals surface area contributed by atoms with Gasteiger partial charge in [-0.3, -0.25) is 0 Å². The lowest BCUT2D eigenvalue weighted by atomic mass is 10.2. The van der Waals surface area contributed by atoms with E-state index in [0.717, 1.165) is 11.4 Å².